The molecule has 0 saturated heterocycles. The lowest BCUT2D eigenvalue weighted by Crippen LogP contribution is -2.31. The van der Waals surface area contributed by atoms with Crippen molar-refractivity contribution in [3.63, 3.8) is 0 Å². The third-order valence-corrected chi connectivity index (χ3v) is 3.76. The fourth-order valence-electron chi connectivity index (χ4n) is 3.24. The van der Waals surface area contributed by atoms with Gasteiger partial charge in [0, 0.05) is 0 Å². The molecule has 2 aliphatic carbocycles. The summed E-state index contributed by atoms with van der Waals surface area (Å²) in [6.45, 7) is 4.41. The predicted octanol–water partition coefficient (Wildman–Crippen LogP) is 2.25. The smallest absolute Gasteiger partial charge is 0.309 e. The number of methoxy groups -OCH3 is 1. The van der Waals surface area contributed by atoms with Crippen LogP contribution in [-0.2, 0) is 9.53 Å². The zero-order chi connectivity index (χ0) is 10.3. The van der Waals surface area contributed by atoms with E-state index in [9.17, 15) is 4.79 Å². The third-order valence-electron chi connectivity index (χ3n) is 3.76. The molecule has 2 heteroatoms. The van der Waals surface area contributed by atoms with Crippen molar-refractivity contribution >= 4 is 5.97 Å². The van der Waals surface area contributed by atoms with Crippen molar-refractivity contribution < 1.29 is 9.53 Å². The van der Waals surface area contributed by atoms with Crippen LogP contribution in [0.25, 0.3) is 0 Å². The van der Waals surface area contributed by atoms with Crippen LogP contribution in [0.1, 0.15) is 20.3 Å². The highest BCUT2D eigenvalue weighted by Crippen LogP contribution is 2.51. The van der Waals surface area contributed by atoms with Crippen LogP contribution in [0.4, 0.5) is 0 Å². The molecule has 2 bridgehead atoms. The van der Waals surface area contributed by atoms with Crippen LogP contribution in [-0.4, -0.2) is 13.1 Å². The number of ether oxygens (including phenoxy) is 1. The quantitative estimate of drug-likeness (QED) is 0.498. The number of carbonyl (C=O) groups is 1. The van der Waals surface area contributed by atoms with Crippen molar-refractivity contribution in [2.75, 3.05) is 7.11 Å². The molecule has 0 unspecified atom stereocenters. The lowest BCUT2D eigenvalue weighted by Gasteiger charge is -2.28. The van der Waals surface area contributed by atoms with Gasteiger partial charge in [-0.15, -0.1) is 0 Å². The summed E-state index contributed by atoms with van der Waals surface area (Å²) in [6, 6.07) is 0. The first-order chi connectivity index (χ1) is 6.65. The minimum absolute atomic E-state index is 0.0134. The summed E-state index contributed by atoms with van der Waals surface area (Å²) in [4.78, 5) is 11.7. The molecule has 0 aliphatic heterocycles. The van der Waals surface area contributed by atoms with Crippen LogP contribution in [0.3, 0.4) is 0 Å². The Kier molecular flexibility index (Phi) is 2.38. The Balaban J connectivity index is 2.22. The highest BCUT2D eigenvalue weighted by Gasteiger charge is 2.49. The molecular formula is C12H18O2. The summed E-state index contributed by atoms with van der Waals surface area (Å²) < 4.78 is 4.89. The topological polar surface area (TPSA) is 26.3 Å². The monoisotopic (exact) mass is 194 g/mol. The summed E-state index contributed by atoms with van der Waals surface area (Å²) in [5.41, 5.74) is 0. The average Bonchev–Trinajstić information content (AvgIpc) is 2.74. The highest BCUT2D eigenvalue weighted by molar-refractivity contribution is 5.74. The van der Waals surface area contributed by atoms with Crippen molar-refractivity contribution in [2.24, 2.45) is 29.6 Å². The Labute approximate surface area is 85.3 Å². The summed E-state index contributed by atoms with van der Waals surface area (Å²) >= 11 is 0. The zero-order valence-corrected chi connectivity index (χ0v) is 9.07. The molecule has 0 amide bonds. The first-order valence-corrected chi connectivity index (χ1v) is 5.41. The molecular weight excluding hydrogens is 176 g/mol. The molecule has 0 aromatic rings. The van der Waals surface area contributed by atoms with Crippen molar-refractivity contribution in [2.45, 2.75) is 20.3 Å². The Morgan fingerprint density at radius 2 is 2.00 bits per heavy atom. The van der Waals surface area contributed by atoms with E-state index in [-0.39, 0.29) is 11.9 Å². The predicted molar refractivity (Wildman–Crippen MR) is 54.6 cm³/mol. The molecule has 14 heavy (non-hydrogen) atoms. The standard InChI is InChI=1S/C12H18O2/c1-7(2)10-8-4-5-9(6-8)11(10)12(13)14-3/h4-5,7-11H,6H2,1-3H3/t8-,9+,10+,11+/m1/s1. The fourth-order valence-corrected chi connectivity index (χ4v) is 3.24. The molecule has 2 aliphatic rings. The van der Waals surface area contributed by atoms with Gasteiger partial charge in [0.2, 0.25) is 0 Å². The number of hydrogen-bond acceptors (Lipinski definition) is 2. The molecule has 2 rings (SSSR count). The number of allylic oxidation sites excluding steroid dienone is 2. The Hall–Kier alpha value is -0.790. The molecule has 78 valence electrons. The molecule has 0 heterocycles. The number of carbonyl (C=O) groups excluding carboxylic acids is 1. The third kappa shape index (κ3) is 1.28. The van der Waals surface area contributed by atoms with E-state index in [2.05, 4.69) is 26.0 Å². The summed E-state index contributed by atoms with van der Waals surface area (Å²) in [5, 5.41) is 0. The maximum atomic E-state index is 11.7. The van der Waals surface area contributed by atoms with Gasteiger partial charge in [0.25, 0.3) is 0 Å². The first kappa shape index (κ1) is 9.75. The molecule has 4 atom stereocenters. The normalized spacial score (nSPS) is 39.4. The fraction of sp³-hybridized carbons (Fsp3) is 0.750. The van der Waals surface area contributed by atoms with E-state index in [1.807, 2.05) is 0 Å². The Morgan fingerprint density at radius 3 is 2.57 bits per heavy atom. The molecule has 0 aromatic heterocycles. The van der Waals surface area contributed by atoms with Crippen LogP contribution in [0.5, 0.6) is 0 Å². The zero-order valence-electron chi connectivity index (χ0n) is 9.07. The first-order valence-electron chi connectivity index (χ1n) is 5.41. The Morgan fingerprint density at radius 1 is 1.36 bits per heavy atom. The van der Waals surface area contributed by atoms with Crippen LogP contribution >= 0.6 is 0 Å². The minimum Gasteiger partial charge on any atom is -0.469 e. The van der Waals surface area contributed by atoms with Crippen molar-refractivity contribution in [1.29, 1.82) is 0 Å². The molecule has 0 spiro atoms. The number of esters is 1. The lowest BCUT2D eigenvalue weighted by molar-refractivity contribution is -0.148. The van der Waals surface area contributed by atoms with Gasteiger partial charge in [0.1, 0.15) is 0 Å². The van der Waals surface area contributed by atoms with Crippen molar-refractivity contribution in [3.05, 3.63) is 12.2 Å². The van der Waals surface area contributed by atoms with Gasteiger partial charge in [-0.1, -0.05) is 26.0 Å². The van der Waals surface area contributed by atoms with Gasteiger partial charge >= 0.3 is 5.97 Å². The molecule has 2 nitrogen and oxygen atoms in total. The second-order valence-corrected chi connectivity index (χ2v) is 4.82. The minimum atomic E-state index is -0.0134. The van der Waals surface area contributed by atoms with Gasteiger partial charge in [-0.05, 0) is 30.1 Å². The molecule has 0 aromatic carbocycles. The van der Waals surface area contributed by atoms with E-state index in [0.717, 1.165) is 6.42 Å². The van der Waals surface area contributed by atoms with Gasteiger partial charge in [0.05, 0.1) is 13.0 Å². The van der Waals surface area contributed by atoms with Crippen molar-refractivity contribution in [3.8, 4) is 0 Å². The number of fused-ring (bicyclic) bond motifs is 2. The van der Waals surface area contributed by atoms with Gasteiger partial charge in [0.15, 0.2) is 0 Å². The van der Waals surface area contributed by atoms with E-state index < -0.39 is 0 Å². The van der Waals surface area contributed by atoms with E-state index in [1.165, 1.54) is 7.11 Å². The van der Waals surface area contributed by atoms with Gasteiger partial charge in [-0.2, -0.15) is 0 Å². The van der Waals surface area contributed by atoms with Crippen LogP contribution in [0.15, 0.2) is 12.2 Å². The molecule has 1 saturated carbocycles. The van der Waals surface area contributed by atoms with E-state index in [0.29, 0.717) is 23.7 Å². The second-order valence-electron chi connectivity index (χ2n) is 4.82. The lowest BCUT2D eigenvalue weighted by atomic mass is 9.76. The largest absolute Gasteiger partial charge is 0.469 e. The van der Waals surface area contributed by atoms with E-state index in [4.69, 9.17) is 4.74 Å². The maximum Gasteiger partial charge on any atom is 0.309 e. The molecule has 1 fully saturated rings. The average molecular weight is 194 g/mol. The summed E-state index contributed by atoms with van der Waals surface area (Å²) in [5.74, 6) is 2.23. The van der Waals surface area contributed by atoms with Gasteiger partial charge < -0.3 is 4.74 Å². The SMILES string of the molecule is COC(=O)[C@@H]1[C@@H](C(C)C)[C@@H]2C=C[C@H]1C2. The van der Waals surface area contributed by atoms with Crippen LogP contribution < -0.4 is 0 Å². The van der Waals surface area contributed by atoms with E-state index in [1.54, 1.807) is 0 Å². The highest BCUT2D eigenvalue weighted by atomic mass is 16.5. The Bertz CT molecular complexity index is 267. The van der Waals surface area contributed by atoms with Crippen LogP contribution in [0, 0.1) is 29.6 Å². The van der Waals surface area contributed by atoms with Gasteiger partial charge in [-0.3, -0.25) is 4.79 Å². The summed E-state index contributed by atoms with van der Waals surface area (Å²) in [6.07, 6.45) is 5.64. The number of hydrogen-bond donors (Lipinski definition) is 0. The molecule has 0 radical (unpaired) electrons. The maximum absolute atomic E-state index is 11.7. The number of rotatable bonds is 2. The van der Waals surface area contributed by atoms with Crippen molar-refractivity contribution in [1.82, 2.24) is 0 Å². The van der Waals surface area contributed by atoms with E-state index >= 15 is 0 Å². The van der Waals surface area contributed by atoms with Gasteiger partial charge in [-0.25, -0.2) is 0 Å². The second kappa shape index (κ2) is 3.41. The van der Waals surface area contributed by atoms with Crippen LogP contribution in [0.2, 0.25) is 0 Å². The molecule has 0 N–H and O–H groups in total. The summed E-state index contributed by atoms with van der Waals surface area (Å²) in [7, 11) is 1.50.